The average Bonchev–Trinajstić information content (AvgIpc) is 2.36. The predicted molar refractivity (Wildman–Crippen MR) is 64.6 cm³/mol. The molecule has 1 aromatic carbocycles. The molecule has 0 saturated carbocycles. The van der Waals surface area contributed by atoms with Crippen molar-refractivity contribution in [2.45, 2.75) is 6.92 Å². The Hall–Kier alpha value is -2.48. The number of aliphatic carboxylic acids is 1. The van der Waals surface area contributed by atoms with E-state index in [-0.39, 0.29) is 12.2 Å². The van der Waals surface area contributed by atoms with Crippen LogP contribution in [0.25, 0.3) is 0 Å². The minimum atomic E-state index is -1.11. The van der Waals surface area contributed by atoms with E-state index in [1.165, 1.54) is 0 Å². The molecule has 0 fully saturated rings. The molecule has 1 aromatic rings. The summed E-state index contributed by atoms with van der Waals surface area (Å²) in [6.45, 7) is 5.45. The number of nitriles is 1. The highest BCUT2D eigenvalue weighted by molar-refractivity contribution is 5.86. The van der Waals surface area contributed by atoms with Gasteiger partial charge in [0.15, 0.2) is 11.5 Å². The molecule has 0 aliphatic carbocycles. The van der Waals surface area contributed by atoms with E-state index in [9.17, 15) is 4.79 Å². The van der Waals surface area contributed by atoms with Gasteiger partial charge in [-0.1, -0.05) is 6.58 Å². The number of carboxylic acid groups (broad SMARTS) is 1. The topological polar surface area (TPSA) is 79.5 Å². The van der Waals surface area contributed by atoms with Crippen molar-refractivity contribution < 1.29 is 19.4 Å². The maximum atomic E-state index is 10.6. The Morgan fingerprint density at radius 3 is 2.72 bits per heavy atom. The first-order valence-electron chi connectivity index (χ1n) is 5.29. The van der Waals surface area contributed by atoms with Crippen LogP contribution in [0, 0.1) is 11.3 Å². The van der Waals surface area contributed by atoms with Crippen molar-refractivity contribution in [3.8, 4) is 17.6 Å². The van der Waals surface area contributed by atoms with Crippen molar-refractivity contribution >= 4 is 5.97 Å². The molecular formula is C13H13NO4. The van der Waals surface area contributed by atoms with Gasteiger partial charge in [-0.05, 0) is 19.1 Å². The lowest BCUT2D eigenvalue weighted by atomic mass is 10.2. The molecule has 0 unspecified atom stereocenters. The summed E-state index contributed by atoms with van der Waals surface area (Å²) in [4.78, 5) is 10.6. The van der Waals surface area contributed by atoms with Gasteiger partial charge in [0.1, 0.15) is 6.61 Å². The van der Waals surface area contributed by atoms with Crippen LogP contribution in [0.1, 0.15) is 12.5 Å². The molecule has 0 spiro atoms. The second-order valence-electron chi connectivity index (χ2n) is 3.40. The van der Waals surface area contributed by atoms with Gasteiger partial charge < -0.3 is 14.6 Å². The van der Waals surface area contributed by atoms with Gasteiger partial charge in [0.25, 0.3) is 0 Å². The maximum absolute atomic E-state index is 10.6. The van der Waals surface area contributed by atoms with E-state index in [4.69, 9.17) is 19.8 Å². The van der Waals surface area contributed by atoms with Gasteiger partial charge in [-0.15, -0.1) is 0 Å². The molecule has 0 amide bonds. The first kappa shape index (κ1) is 13.6. The van der Waals surface area contributed by atoms with Crippen molar-refractivity contribution in [1.82, 2.24) is 0 Å². The molecule has 1 N–H and O–H groups in total. The number of nitrogens with zero attached hydrogens (tertiary/aromatic N) is 1. The zero-order chi connectivity index (χ0) is 13.5. The highest BCUT2D eigenvalue weighted by Crippen LogP contribution is 2.28. The predicted octanol–water partition coefficient (Wildman–Crippen LogP) is 1.98. The molecule has 5 heteroatoms. The number of carbonyl (C=O) groups is 1. The minimum absolute atomic E-state index is 0.0539. The standard InChI is InChI=1S/C13H13NO4/c1-3-17-12-6-10(7-14)4-5-11(12)18-8-9(2)13(15)16/h4-6H,2-3,8H2,1H3,(H,15,16). The number of hydrogen-bond donors (Lipinski definition) is 1. The lowest BCUT2D eigenvalue weighted by molar-refractivity contribution is -0.133. The molecule has 0 bridgehead atoms. The van der Waals surface area contributed by atoms with Crippen LogP contribution in [0.3, 0.4) is 0 Å². The molecule has 0 saturated heterocycles. The number of carboxylic acids is 1. The third-order valence-corrected chi connectivity index (χ3v) is 2.08. The van der Waals surface area contributed by atoms with E-state index in [0.717, 1.165) is 0 Å². The fraction of sp³-hybridized carbons (Fsp3) is 0.231. The lowest BCUT2D eigenvalue weighted by Gasteiger charge is -2.11. The summed E-state index contributed by atoms with van der Waals surface area (Å²) in [6, 6.07) is 6.67. The fourth-order valence-corrected chi connectivity index (χ4v) is 1.19. The third-order valence-electron chi connectivity index (χ3n) is 2.08. The Bertz CT molecular complexity index is 502. The quantitative estimate of drug-likeness (QED) is 0.777. The van der Waals surface area contributed by atoms with Crippen LogP contribution < -0.4 is 9.47 Å². The molecular weight excluding hydrogens is 234 g/mol. The van der Waals surface area contributed by atoms with Crippen LogP contribution in [0.2, 0.25) is 0 Å². The molecule has 0 atom stereocenters. The molecule has 0 heterocycles. The monoisotopic (exact) mass is 247 g/mol. The van der Waals surface area contributed by atoms with Crippen LogP contribution in [0.15, 0.2) is 30.4 Å². The summed E-state index contributed by atoms with van der Waals surface area (Å²) < 4.78 is 10.6. The Morgan fingerprint density at radius 1 is 1.44 bits per heavy atom. The summed E-state index contributed by atoms with van der Waals surface area (Å²) >= 11 is 0. The van der Waals surface area contributed by atoms with Crippen LogP contribution in [-0.4, -0.2) is 24.3 Å². The van der Waals surface area contributed by atoms with Gasteiger partial charge in [0.2, 0.25) is 0 Å². The van der Waals surface area contributed by atoms with Crippen molar-refractivity contribution in [2.24, 2.45) is 0 Å². The second-order valence-corrected chi connectivity index (χ2v) is 3.40. The van der Waals surface area contributed by atoms with Crippen molar-refractivity contribution in [3.63, 3.8) is 0 Å². The molecule has 0 aromatic heterocycles. The van der Waals surface area contributed by atoms with E-state index in [0.29, 0.717) is 23.7 Å². The normalized spacial score (nSPS) is 9.33. The highest BCUT2D eigenvalue weighted by atomic mass is 16.5. The Labute approximate surface area is 105 Å². The molecule has 0 radical (unpaired) electrons. The summed E-state index contributed by atoms with van der Waals surface area (Å²) in [7, 11) is 0. The third kappa shape index (κ3) is 3.52. The van der Waals surface area contributed by atoms with Gasteiger partial charge in [-0.2, -0.15) is 5.26 Å². The van der Waals surface area contributed by atoms with Crippen LogP contribution in [0.5, 0.6) is 11.5 Å². The van der Waals surface area contributed by atoms with Crippen LogP contribution >= 0.6 is 0 Å². The molecule has 0 aliphatic rings. The van der Waals surface area contributed by atoms with Crippen molar-refractivity contribution in [3.05, 3.63) is 35.9 Å². The van der Waals surface area contributed by atoms with Gasteiger partial charge in [0.05, 0.1) is 23.8 Å². The summed E-state index contributed by atoms with van der Waals surface area (Å²) in [5.41, 5.74) is 0.393. The van der Waals surface area contributed by atoms with Gasteiger partial charge >= 0.3 is 5.97 Å². The SMILES string of the molecule is C=C(COc1ccc(C#N)cc1OCC)C(=O)O. The van der Waals surface area contributed by atoms with Gasteiger partial charge in [-0.25, -0.2) is 4.79 Å². The first-order chi connectivity index (χ1) is 8.58. The van der Waals surface area contributed by atoms with Crippen LogP contribution in [0.4, 0.5) is 0 Å². The van der Waals surface area contributed by atoms with Gasteiger partial charge in [0, 0.05) is 6.07 Å². The largest absolute Gasteiger partial charge is 0.490 e. The molecule has 94 valence electrons. The first-order valence-corrected chi connectivity index (χ1v) is 5.29. The average molecular weight is 247 g/mol. The smallest absolute Gasteiger partial charge is 0.334 e. The van der Waals surface area contributed by atoms with E-state index in [2.05, 4.69) is 6.58 Å². The van der Waals surface area contributed by atoms with E-state index >= 15 is 0 Å². The minimum Gasteiger partial charge on any atom is -0.490 e. The summed E-state index contributed by atoms with van der Waals surface area (Å²) in [5.74, 6) is -0.311. The Kier molecular flexibility index (Phi) is 4.76. The fourth-order valence-electron chi connectivity index (χ4n) is 1.19. The summed E-state index contributed by atoms with van der Waals surface area (Å²) in [6.07, 6.45) is 0. The maximum Gasteiger partial charge on any atom is 0.334 e. The van der Waals surface area contributed by atoms with Crippen molar-refractivity contribution in [1.29, 1.82) is 5.26 Å². The highest BCUT2D eigenvalue weighted by Gasteiger charge is 2.09. The Balaban J connectivity index is 2.84. The molecule has 18 heavy (non-hydrogen) atoms. The zero-order valence-corrected chi connectivity index (χ0v) is 9.97. The number of hydrogen-bond acceptors (Lipinski definition) is 4. The van der Waals surface area contributed by atoms with Crippen molar-refractivity contribution in [2.75, 3.05) is 13.2 Å². The lowest BCUT2D eigenvalue weighted by Crippen LogP contribution is -2.09. The summed E-state index contributed by atoms with van der Waals surface area (Å²) in [5, 5.41) is 17.4. The Morgan fingerprint density at radius 2 is 2.17 bits per heavy atom. The van der Waals surface area contributed by atoms with E-state index in [1.54, 1.807) is 25.1 Å². The number of ether oxygens (including phenoxy) is 2. The van der Waals surface area contributed by atoms with E-state index in [1.807, 2.05) is 6.07 Å². The van der Waals surface area contributed by atoms with E-state index < -0.39 is 5.97 Å². The number of rotatable bonds is 6. The zero-order valence-electron chi connectivity index (χ0n) is 9.97. The van der Waals surface area contributed by atoms with Gasteiger partial charge in [-0.3, -0.25) is 0 Å². The number of benzene rings is 1. The molecule has 5 nitrogen and oxygen atoms in total. The molecule has 0 aliphatic heterocycles. The molecule has 1 rings (SSSR count). The second kappa shape index (κ2) is 6.30. The van der Waals surface area contributed by atoms with Crippen LogP contribution in [-0.2, 0) is 4.79 Å².